The van der Waals surface area contributed by atoms with Crippen molar-refractivity contribution in [2.75, 3.05) is 0 Å². The predicted molar refractivity (Wildman–Crippen MR) is 72.9 cm³/mol. The van der Waals surface area contributed by atoms with Gasteiger partial charge in [0.05, 0.1) is 11.1 Å². The molecule has 0 spiro atoms. The van der Waals surface area contributed by atoms with Crippen LogP contribution in [0.5, 0.6) is 17.2 Å². The largest absolute Gasteiger partial charge is 0.504 e. The molecular formula is C15H12O6. The predicted octanol–water partition coefficient (Wildman–Crippen LogP) is 1.93. The second kappa shape index (κ2) is 5.54. The number of hydrogen-bond donors (Lipinski definition) is 4. The Labute approximate surface area is 119 Å². The van der Waals surface area contributed by atoms with Crippen molar-refractivity contribution < 1.29 is 30.0 Å². The van der Waals surface area contributed by atoms with Gasteiger partial charge in [0.1, 0.15) is 0 Å². The second-order valence-corrected chi connectivity index (χ2v) is 4.43. The second-order valence-electron chi connectivity index (χ2n) is 4.43. The molecule has 6 nitrogen and oxygen atoms in total. The lowest BCUT2D eigenvalue weighted by atomic mass is 10.0. The fourth-order valence-electron chi connectivity index (χ4n) is 1.89. The first-order chi connectivity index (χ1) is 9.90. The van der Waals surface area contributed by atoms with E-state index in [1.54, 1.807) is 6.07 Å². The number of Topliss-reactive ketones (excluding diaryl/α,β-unsaturated/α-hetero) is 1. The molecule has 0 radical (unpaired) electrons. The summed E-state index contributed by atoms with van der Waals surface area (Å²) in [6.45, 7) is 0. The Morgan fingerprint density at radius 3 is 2.33 bits per heavy atom. The molecule has 6 heteroatoms. The number of aromatic hydroxyl groups is 3. The van der Waals surface area contributed by atoms with Gasteiger partial charge in [-0.3, -0.25) is 4.79 Å². The molecule has 0 fully saturated rings. The Bertz CT molecular complexity index is 720. The van der Waals surface area contributed by atoms with Crippen molar-refractivity contribution in [3.05, 3.63) is 53.1 Å². The van der Waals surface area contributed by atoms with E-state index in [0.717, 1.165) is 6.07 Å². The Morgan fingerprint density at radius 2 is 1.67 bits per heavy atom. The van der Waals surface area contributed by atoms with Gasteiger partial charge in [-0.1, -0.05) is 12.1 Å². The molecule has 0 bridgehead atoms. The summed E-state index contributed by atoms with van der Waals surface area (Å²) in [6, 6.07) is 8.14. The molecule has 0 aliphatic heterocycles. The standard InChI is InChI=1S/C15H12O6/c16-11-5-4-10(13(18)14(11)19)12(17)7-8-2-1-3-9(6-8)15(20)21/h1-6,16,18-19H,7H2,(H,20,21). The fraction of sp³-hybridized carbons (Fsp3) is 0.0667. The van der Waals surface area contributed by atoms with Crippen LogP contribution in [0.2, 0.25) is 0 Å². The number of phenols is 3. The number of carboxylic acids is 1. The van der Waals surface area contributed by atoms with Gasteiger partial charge >= 0.3 is 5.97 Å². The number of rotatable bonds is 4. The van der Waals surface area contributed by atoms with Crippen LogP contribution in [-0.2, 0) is 6.42 Å². The minimum atomic E-state index is -1.10. The van der Waals surface area contributed by atoms with Crippen LogP contribution in [0, 0.1) is 0 Å². The number of benzene rings is 2. The average molecular weight is 288 g/mol. The SMILES string of the molecule is O=C(O)c1cccc(CC(=O)c2ccc(O)c(O)c2O)c1. The maximum absolute atomic E-state index is 12.1. The third-order valence-electron chi connectivity index (χ3n) is 2.97. The van der Waals surface area contributed by atoms with Crippen LogP contribution < -0.4 is 0 Å². The number of carbonyl (C=O) groups is 2. The summed E-state index contributed by atoms with van der Waals surface area (Å²) in [5.74, 6) is -3.61. The van der Waals surface area contributed by atoms with Crippen molar-refractivity contribution in [2.24, 2.45) is 0 Å². The maximum Gasteiger partial charge on any atom is 0.335 e. The van der Waals surface area contributed by atoms with Gasteiger partial charge < -0.3 is 20.4 Å². The van der Waals surface area contributed by atoms with Gasteiger partial charge in [-0.15, -0.1) is 0 Å². The van der Waals surface area contributed by atoms with Crippen molar-refractivity contribution in [3.8, 4) is 17.2 Å². The van der Waals surface area contributed by atoms with Crippen molar-refractivity contribution in [1.29, 1.82) is 0 Å². The van der Waals surface area contributed by atoms with E-state index in [1.165, 1.54) is 24.3 Å². The van der Waals surface area contributed by atoms with Gasteiger partial charge in [0.15, 0.2) is 17.3 Å². The third kappa shape index (κ3) is 2.94. The highest BCUT2D eigenvalue weighted by atomic mass is 16.4. The van der Waals surface area contributed by atoms with Crippen LogP contribution >= 0.6 is 0 Å². The Balaban J connectivity index is 2.28. The molecule has 21 heavy (non-hydrogen) atoms. The van der Waals surface area contributed by atoms with E-state index in [0.29, 0.717) is 5.56 Å². The first kappa shape index (κ1) is 14.4. The number of carboxylic acid groups (broad SMARTS) is 1. The number of carbonyl (C=O) groups excluding carboxylic acids is 1. The third-order valence-corrected chi connectivity index (χ3v) is 2.97. The lowest BCUT2D eigenvalue weighted by Crippen LogP contribution is -2.05. The van der Waals surface area contributed by atoms with Crippen molar-refractivity contribution in [2.45, 2.75) is 6.42 Å². The summed E-state index contributed by atoms with van der Waals surface area (Å²) in [7, 11) is 0. The van der Waals surface area contributed by atoms with Gasteiger partial charge in [0, 0.05) is 6.42 Å². The highest BCUT2D eigenvalue weighted by Crippen LogP contribution is 2.37. The van der Waals surface area contributed by atoms with E-state index in [-0.39, 0.29) is 17.5 Å². The summed E-state index contributed by atoms with van der Waals surface area (Å²) >= 11 is 0. The zero-order valence-electron chi connectivity index (χ0n) is 10.8. The van der Waals surface area contributed by atoms with E-state index in [2.05, 4.69) is 0 Å². The zero-order chi connectivity index (χ0) is 15.6. The summed E-state index contributed by atoms with van der Waals surface area (Å²) in [5, 5.41) is 37.1. The fourth-order valence-corrected chi connectivity index (χ4v) is 1.89. The van der Waals surface area contributed by atoms with Gasteiger partial charge in [0.25, 0.3) is 0 Å². The quantitative estimate of drug-likeness (QED) is 0.504. The highest BCUT2D eigenvalue weighted by Gasteiger charge is 2.17. The van der Waals surface area contributed by atoms with Crippen LogP contribution in [0.15, 0.2) is 36.4 Å². The molecule has 0 atom stereocenters. The molecule has 4 N–H and O–H groups in total. The molecule has 0 unspecified atom stereocenters. The first-order valence-electron chi connectivity index (χ1n) is 5.99. The summed E-state index contributed by atoms with van der Waals surface area (Å²) < 4.78 is 0. The van der Waals surface area contributed by atoms with Gasteiger partial charge in [0.2, 0.25) is 5.75 Å². The average Bonchev–Trinajstić information content (AvgIpc) is 2.45. The Kier molecular flexibility index (Phi) is 3.80. The summed E-state index contributed by atoms with van der Waals surface area (Å²) in [6.07, 6.45) is -0.140. The van der Waals surface area contributed by atoms with Gasteiger partial charge in [-0.05, 0) is 29.8 Å². The molecule has 0 heterocycles. The molecule has 0 aliphatic carbocycles. The number of hydrogen-bond acceptors (Lipinski definition) is 5. The molecule has 0 aromatic heterocycles. The smallest absolute Gasteiger partial charge is 0.335 e. The minimum absolute atomic E-state index is 0.0538. The van der Waals surface area contributed by atoms with Crippen molar-refractivity contribution in [3.63, 3.8) is 0 Å². The maximum atomic E-state index is 12.1. The van der Waals surface area contributed by atoms with Crippen LogP contribution in [0.25, 0.3) is 0 Å². The summed E-state index contributed by atoms with van der Waals surface area (Å²) in [4.78, 5) is 22.9. The minimum Gasteiger partial charge on any atom is -0.504 e. The number of ketones is 1. The molecule has 0 saturated heterocycles. The topological polar surface area (TPSA) is 115 Å². The van der Waals surface area contributed by atoms with Gasteiger partial charge in [-0.2, -0.15) is 0 Å². The Hall–Kier alpha value is -3.02. The molecule has 2 aromatic rings. The Morgan fingerprint density at radius 1 is 0.952 bits per heavy atom. The molecule has 0 amide bonds. The normalized spacial score (nSPS) is 10.3. The highest BCUT2D eigenvalue weighted by molar-refractivity contribution is 6.01. The molecule has 0 aliphatic rings. The van der Waals surface area contributed by atoms with Crippen LogP contribution in [-0.4, -0.2) is 32.2 Å². The van der Waals surface area contributed by atoms with Crippen molar-refractivity contribution in [1.82, 2.24) is 0 Å². The van der Waals surface area contributed by atoms with E-state index in [4.69, 9.17) is 5.11 Å². The summed E-state index contributed by atoms with van der Waals surface area (Å²) in [5.41, 5.74) is 0.371. The van der Waals surface area contributed by atoms with E-state index >= 15 is 0 Å². The van der Waals surface area contributed by atoms with E-state index in [1.807, 2.05) is 0 Å². The first-order valence-corrected chi connectivity index (χ1v) is 5.99. The van der Waals surface area contributed by atoms with Crippen molar-refractivity contribution >= 4 is 11.8 Å². The van der Waals surface area contributed by atoms with E-state index < -0.39 is 29.0 Å². The molecule has 2 rings (SSSR count). The zero-order valence-corrected chi connectivity index (χ0v) is 10.8. The molecule has 0 saturated carbocycles. The molecule has 2 aromatic carbocycles. The van der Waals surface area contributed by atoms with E-state index in [9.17, 15) is 24.9 Å². The van der Waals surface area contributed by atoms with Crippen LogP contribution in [0.3, 0.4) is 0 Å². The molecule has 108 valence electrons. The monoisotopic (exact) mass is 288 g/mol. The number of phenolic OH excluding ortho intramolecular Hbond substituents is 3. The number of aromatic carboxylic acids is 1. The van der Waals surface area contributed by atoms with Gasteiger partial charge in [-0.25, -0.2) is 4.79 Å². The molecular weight excluding hydrogens is 276 g/mol. The lowest BCUT2D eigenvalue weighted by molar-refractivity contribution is 0.0696. The van der Waals surface area contributed by atoms with Crippen LogP contribution in [0.1, 0.15) is 26.3 Å². The lowest BCUT2D eigenvalue weighted by Gasteiger charge is -2.07. The van der Waals surface area contributed by atoms with Crippen LogP contribution in [0.4, 0.5) is 0 Å².